The standard InChI is InChI=1S/C16H20N2O4S/c1-5-21-14(20)10-6-7-11-12(8-10)23-15(17)18(11)9-13(19)22-16(2,3)4/h6-8,17H,5,9H2,1-4H3. The van der Waals surface area contributed by atoms with Crippen LogP contribution in [0.2, 0.25) is 0 Å². The zero-order valence-electron chi connectivity index (χ0n) is 13.6. The summed E-state index contributed by atoms with van der Waals surface area (Å²) in [5.74, 6) is -0.793. The minimum atomic E-state index is -0.567. The molecule has 1 aromatic heterocycles. The van der Waals surface area contributed by atoms with Gasteiger partial charge < -0.3 is 14.0 Å². The Balaban J connectivity index is 2.32. The van der Waals surface area contributed by atoms with Crippen molar-refractivity contribution in [1.29, 1.82) is 5.41 Å². The van der Waals surface area contributed by atoms with Gasteiger partial charge in [0.05, 0.1) is 22.4 Å². The summed E-state index contributed by atoms with van der Waals surface area (Å²) in [6, 6.07) is 5.04. The van der Waals surface area contributed by atoms with Crippen LogP contribution in [0.25, 0.3) is 10.2 Å². The Morgan fingerprint density at radius 3 is 2.61 bits per heavy atom. The normalized spacial score (nSPS) is 11.5. The molecule has 2 rings (SSSR count). The smallest absolute Gasteiger partial charge is 0.338 e. The van der Waals surface area contributed by atoms with Crippen LogP contribution < -0.4 is 4.80 Å². The van der Waals surface area contributed by atoms with Crippen LogP contribution in [0.1, 0.15) is 38.1 Å². The molecule has 0 saturated carbocycles. The number of benzene rings is 1. The van der Waals surface area contributed by atoms with Crippen molar-refractivity contribution >= 4 is 33.5 Å². The highest BCUT2D eigenvalue weighted by Crippen LogP contribution is 2.20. The van der Waals surface area contributed by atoms with Gasteiger partial charge in [-0.25, -0.2) is 4.79 Å². The Morgan fingerprint density at radius 1 is 1.30 bits per heavy atom. The van der Waals surface area contributed by atoms with Crippen LogP contribution in [0, 0.1) is 5.41 Å². The van der Waals surface area contributed by atoms with Crippen molar-refractivity contribution in [2.24, 2.45) is 0 Å². The second kappa shape index (κ2) is 6.54. The number of thiazole rings is 1. The average Bonchev–Trinajstić information content (AvgIpc) is 2.72. The van der Waals surface area contributed by atoms with E-state index in [4.69, 9.17) is 14.9 Å². The highest BCUT2D eigenvalue weighted by atomic mass is 32.1. The largest absolute Gasteiger partial charge is 0.462 e. The van der Waals surface area contributed by atoms with Gasteiger partial charge in [0.1, 0.15) is 12.1 Å². The van der Waals surface area contributed by atoms with Gasteiger partial charge in [0.2, 0.25) is 0 Å². The summed E-state index contributed by atoms with van der Waals surface area (Å²) in [4.78, 5) is 24.0. The molecule has 1 N–H and O–H groups in total. The molecule has 0 unspecified atom stereocenters. The number of rotatable bonds is 4. The molecule has 0 aliphatic rings. The minimum Gasteiger partial charge on any atom is -0.462 e. The lowest BCUT2D eigenvalue weighted by Gasteiger charge is -2.19. The number of carbonyl (C=O) groups excluding carboxylic acids is 2. The quantitative estimate of drug-likeness (QED) is 0.870. The first-order valence-corrected chi connectivity index (χ1v) is 8.10. The topological polar surface area (TPSA) is 81.4 Å². The molecule has 0 fully saturated rings. The maximum atomic E-state index is 12.0. The van der Waals surface area contributed by atoms with Gasteiger partial charge in [-0.2, -0.15) is 0 Å². The van der Waals surface area contributed by atoms with E-state index >= 15 is 0 Å². The summed E-state index contributed by atoms with van der Waals surface area (Å²) < 4.78 is 12.6. The molecular weight excluding hydrogens is 316 g/mol. The molecule has 0 aliphatic carbocycles. The number of esters is 2. The van der Waals surface area contributed by atoms with Crippen LogP contribution in [0.15, 0.2) is 18.2 Å². The number of aromatic nitrogens is 1. The summed E-state index contributed by atoms with van der Waals surface area (Å²) in [6.07, 6.45) is 0. The van der Waals surface area contributed by atoms with Crippen molar-refractivity contribution < 1.29 is 19.1 Å². The zero-order chi connectivity index (χ0) is 17.2. The third kappa shape index (κ3) is 4.19. The lowest BCUT2D eigenvalue weighted by atomic mass is 10.2. The second-order valence-electron chi connectivity index (χ2n) is 5.98. The molecule has 0 amide bonds. The summed E-state index contributed by atoms with van der Waals surface area (Å²) in [5.41, 5.74) is 0.590. The van der Waals surface area contributed by atoms with Gasteiger partial charge in [0.15, 0.2) is 4.80 Å². The fourth-order valence-electron chi connectivity index (χ4n) is 2.09. The average molecular weight is 336 g/mol. The van der Waals surface area contributed by atoms with E-state index in [2.05, 4.69) is 0 Å². The molecular formula is C16H20N2O4S. The van der Waals surface area contributed by atoms with E-state index < -0.39 is 17.5 Å². The number of nitrogens with one attached hydrogen (secondary N) is 1. The van der Waals surface area contributed by atoms with E-state index in [9.17, 15) is 9.59 Å². The maximum Gasteiger partial charge on any atom is 0.338 e. The van der Waals surface area contributed by atoms with Crippen molar-refractivity contribution in [2.75, 3.05) is 6.61 Å². The molecule has 1 heterocycles. The monoisotopic (exact) mass is 336 g/mol. The van der Waals surface area contributed by atoms with Crippen LogP contribution in [0.3, 0.4) is 0 Å². The molecule has 7 heteroatoms. The third-order valence-corrected chi connectivity index (χ3v) is 3.88. The summed E-state index contributed by atoms with van der Waals surface area (Å²) in [6.45, 7) is 7.42. The first-order chi connectivity index (χ1) is 10.7. The van der Waals surface area contributed by atoms with Gasteiger partial charge in [-0.1, -0.05) is 11.3 Å². The van der Waals surface area contributed by atoms with E-state index in [0.717, 1.165) is 10.2 Å². The molecule has 6 nitrogen and oxygen atoms in total. The molecule has 1 aromatic carbocycles. The summed E-state index contributed by atoms with van der Waals surface area (Å²) in [5, 5.41) is 8.04. The first kappa shape index (κ1) is 17.2. The molecule has 0 spiro atoms. The predicted molar refractivity (Wildman–Crippen MR) is 87.5 cm³/mol. The van der Waals surface area contributed by atoms with Gasteiger partial charge in [-0.05, 0) is 45.9 Å². The number of hydrogen-bond donors (Lipinski definition) is 1. The Bertz CT molecular complexity index is 798. The fraction of sp³-hybridized carbons (Fsp3) is 0.438. The zero-order valence-corrected chi connectivity index (χ0v) is 14.5. The SMILES string of the molecule is CCOC(=O)c1ccc2c(c1)sc(=N)n2CC(=O)OC(C)(C)C. The number of fused-ring (bicyclic) bond motifs is 1. The third-order valence-electron chi connectivity index (χ3n) is 2.92. The van der Waals surface area contributed by atoms with Gasteiger partial charge in [-0.3, -0.25) is 10.2 Å². The van der Waals surface area contributed by atoms with E-state index in [-0.39, 0.29) is 11.3 Å². The number of nitrogens with zero attached hydrogens (tertiary/aromatic N) is 1. The lowest BCUT2D eigenvalue weighted by molar-refractivity contribution is -0.155. The highest BCUT2D eigenvalue weighted by Gasteiger charge is 2.18. The molecule has 0 saturated heterocycles. The summed E-state index contributed by atoms with van der Waals surface area (Å²) >= 11 is 1.20. The minimum absolute atomic E-state index is 0.0329. The lowest BCUT2D eigenvalue weighted by Crippen LogP contribution is -2.28. The Labute approximate surface area is 138 Å². The highest BCUT2D eigenvalue weighted by molar-refractivity contribution is 7.16. The van der Waals surface area contributed by atoms with Crippen molar-refractivity contribution in [3.05, 3.63) is 28.6 Å². The van der Waals surface area contributed by atoms with Gasteiger partial charge in [0, 0.05) is 0 Å². The van der Waals surface area contributed by atoms with Crippen molar-refractivity contribution in [3.8, 4) is 0 Å². The van der Waals surface area contributed by atoms with Crippen LogP contribution in [0.5, 0.6) is 0 Å². The van der Waals surface area contributed by atoms with Crippen molar-refractivity contribution in [1.82, 2.24) is 4.57 Å². The van der Waals surface area contributed by atoms with Gasteiger partial charge in [0.25, 0.3) is 0 Å². The molecule has 0 aliphatic heterocycles. The van der Waals surface area contributed by atoms with Gasteiger partial charge in [-0.15, -0.1) is 0 Å². The van der Waals surface area contributed by atoms with E-state index in [1.165, 1.54) is 11.3 Å². The number of ether oxygens (including phenoxy) is 2. The second-order valence-corrected chi connectivity index (χ2v) is 7.01. The van der Waals surface area contributed by atoms with E-state index in [1.807, 2.05) is 0 Å². The first-order valence-electron chi connectivity index (χ1n) is 7.28. The van der Waals surface area contributed by atoms with Crippen LogP contribution in [0.4, 0.5) is 0 Å². The van der Waals surface area contributed by atoms with Gasteiger partial charge >= 0.3 is 11.9 Å². The van der Waals surface area contributed by atoms with E-state index in [0.29, 0.717) is 12.2 Å². The molecule has 2 aromatic rings. The Hall–Kier alpha value is -2.15. The Morgan fingerprint density at radius 2 is 2.00 bits per heavy atom. The molecule has 0 radical (unpaired) electrons. The molecule has 23 heavy (non-hydrogen) atoms. The van der Waals surface area contributed by atoms with Crippen molar-refractivity contribution in [2.45, 2.75) is 39.8 Å². The predicted octanol–water partition coefficient (Wildman–Crippen LogP) is 2.70. The van der Waals surface area contributed by atoms with Crippen molar-refractivity contribution in [3.63, 3.8) is 0 Å². The van der Waals surface area contributed by atoms with Crippen LogP contribution in [-0.2, 0) is 20.8 Å². The number of hydrogen-bond acceptors (Lipinski definition) is 6. The number of carbonyl (C=O) groups is 2. The molecule has 124 valence electrons. The summed E-state index contributed by atoms with van der Waals surface area (Å²) in [7, 11) is 0. The maximum absolute atomic E-state index is 12.0. The Kier molecular flexibility index (Phi) is 4.89. The van der Waals surface area contributed by atoms with Crippen LogP contribution >= 0.6 is 11.3 Å². The fourth-order valence-corrected chi connectivity index (χ4v) is 3.04. The van der Waals surface area contributed by atoms with Crippen LogP contribution in [-0.4, -0.2) is 28.7 Å². The molecule has 0 bridgehead atoms. The van der Waals surface area contributed by atoms with E-state index in [1.54, 1.807) is 50.5 Å². The molecule has 0 atom stereocenters.